The number of hydrogen-bond donors (Lipinski definition) is 1. The highest BCUT2D eigenvalue weighted by molar-refractivity contribution is 5.97. The Kier molecular flexibility index (Phi) is 5.64. The highest BCUT2D eigenvalue weighted by Gasteiger charge is 2.24. The van der Waals surface area contributed by atoms with Gasteiger partial charge in [0.1, 0.15) is 0 Å². The summed E-state index contributed by atoms with van der Waals surface area (Å²) < 4.78 is 11.4. The summed E-state index contributed by atoms with van der Waals surface area (Å²) in [5.41, 5.74) is 2.66. The Hall–Kier alpha value is -3.02. The number of carboxylic acids is 1. The fourth-order valence-corrected chi connectivity index (χ4v) is 3.24. The third-order valence-electron chi connectivity index (χ3n) is 4.52. The number of rotatable bonds is 6. The van der Waals surface area contributed by atoms with Crippen molar-refractivity contribution in [2.75, 3.05) is 19.8 Å². The lowest BCUT2D eigenvalue weighted by Crippen LogP contribution is -2.36. The third-order valence-corrected chi connectivity index (χ3v) is 4.52. The second-order valence-electron chi connectivity index (χ2n) is 6.30. The maximum absolute atomic E-state index is 12.8. The van der Waals surface area contributed by atoms with Gasteiger partial charge in [0, 0.05) is 18.7 Å². The number of aromatic carboxylic acids is 1. The van der Waals surface area contributed by atoms with Gasteiger partial charge in [-0.2, -0.15) is 0 Å². The van der Waals surface area contributed by atoms with Crippen molar-refractivity contribution in [3.63, 3.8) is 0 Å². The van der Waals surface area contributed by atoms with Crippen LogP contribution in [0.15, 0.2) is 36.4 Å². The van der Waals surface area contributed by atoms with Crippen molar-refractivity contribution in [3.05, 3.63) is 58.7 Å². The zero-order chi connectivity index (χ0) is 19.4. The van der Waals surface area contributed by atoms with Gasteiger partial charge in [-0.15, -0.1) is 0 Å². The third kappa shape index (κ3) is 4.05. The molecule has 1 aliphatic heterocycles. The number of ether oxygens (including phenoxy) is 2. The minimum absolute atomic E-state index is 0.109. The number of fused-ring (bicyclic) bond motifs is 1. The molecule has 6 nitrogen and oxygen atoms in total. The number of benzene rings is 2. The van der Waals surface area contributed by atoms with Gasteiger partial charge in [-0.3, -0.25) is 4.79 Å². The van der Waals surface area contributed by atoms with Gasteiger partial charge in [0.25, 0.3) is 5.91 Å². The van der Waals surface area contributed by atoms with Crippen molar-refractivity contribution < 1.29 is 24.2 Å². The Morgan fingerprint density at radius 1 is 1.00 bits per heavy atom. The standard InChI is InChI=1S/C21H23NO5/c1-3-26-18-11-14-8-9-22(13-17(14)12-19(18)27-4-2)20(23)15-6-5-7-16(10-15)21(24)25/h5-7,10-12H,3-4,8-9,13H2,1-2H3,(H,24,25). The first-order valence-corrected chi connectivity index (χ1v) is 9.07. The smallest absolute Gasteiger partial charge is 0.335 e. The maximum Gasteiger partial charge on any atom is 0.335 e. The Labute approximate surface area is 158 Å². The molecule has 0 bridgehead atoms. The van der Waals surface area contributed by atoms with E-state index in [1.807, 2.05) is 26.0 Å². The van der Waals surface area contributed by atoms with Crippen LogP contribution in [-0.4, -0.2) is 41.6 Å². The molecule has 0 saturated heterocycles. The minimum Gasteiger partial charge on any atom is -0.490 e. The van der Waals surface area contributed by atoms with Gasteiger partial charge in [-0.05, 0) is 61.7 Å². The quantitative estimate of drug-likeness (QED) is 0.845. The van der Waals surface area contributed by atoms with E-state index >= 15 is 0 Å². The average Bonchev–Trinajstić information content (AvgIpc) is 2.68. The number of carboxylic acid groups (broad SMARTS) is 1. The Balaban J connectivity index is 1.85. The fraction of sp³-hybridized carbons (Fsp3) is 0.333. The first kappa shape index (κ1) is 18.8. The molecule has 3 rings (SSSR count). The SMILES string of the molecule is CCOc1cc2c(cc1OCC)CN(C(=O)c1cccc(C(=O)O)c1)CC2. The van der Waals surface area contributed by atoms with E-state index in [0.29, 0.717) is 44.0 Å². The molecule has 2 aromatic rings. The van der Waals surface area contributed by atoms with Gasteiger partial charge in [-0.25, -0.2) is 4.79 Å². The summed E-state index contributed by atoms with van der Waals surface area (Å²) in [4.78, 5) is 25.7. The summed E-state index contributed by atoms with van der Waals surface area (Å²) in [5.74, 6) is 0.196. The van der Waals surface area contributed by atoms with Crippen LogP contribution in [0.1, 0.15) is 45.7 Å². The molecule has 0 aromatic heterocycles. The molecule has 2 aromatic carbocycles. The number of carbonyl (C=O) groups excluding carboxylic acids is 1. The van der Waals surface area contributed by atoms with Gasteiger partial charge in [0.05, 0.1) is 18.8 Å². The minimum atomic E-state index is -1.04. The van der Waals surface area contributed by atoms with Crippen LogP contribution in [0.25, 0.3) is 0 Å². The van der Waals surface area contributed by atoms with E-state index in [4.69, 9.17) is 14.6 Å². The Morgan fingerprint density at radius 2 is 1.63 bits per heavy atom. The highest BCUT2D eigenvalue weighted by Crippen LogP contribution is 2.34. The van der Waals surface area contributed by atoms with Gasteiger partial charge in [0.15, 0.2) is 11.5 Å². The zero-order valence-electron chi connectivity index (χ0n) is 15.5. The van der Waals surface area contributed by atoms with Crippen molar-refractivity contribution in [2.45, 2.75) is 26.8 Å². The average molecular weight is 369 g/mol. The molecule has 1 heterocycles. The molecule has 0 saturated carbocycles. The second kappa shape index (κ2) is 8.12. The number of hydrogen-bond acceptors (Lipinski definition) is 4. The second-order valence-corrected chi connectivity index (χ2v) is 6.30. The molecule has 6 heteroatoms. The van der Waals surface area contributed by atoms with E-state index < -0.39 is 5.97 Å². The van der Waals surface area contributed by atoms with Crippen LogP contribution in [0, 0.1) is 0 Å². The molecule has 0 fully saturated rings. The molecule has 0 aliphatic carbocycles. The van der Waals surface area contributed by atoms with E-state index in [1.165, 1.54) is 12.1 Å². The molecule has 0 radical (unpaired) electrons. The zero-order valence-corrected chi connectivity index (χ0v) is 15.5. The molecular weight excluding hydrogens is 346 g/mol. The van der Waals surface area contributed by atoms with Crippen LogP contribution in [0.2, 0.25) is 0 Å². The predicted octanol–water partition coefficient (Wildman–Crippen LogP) is 3.38. The molecule has 1 aliphatic rings. The van der Waals surface area contributed by atoms with Gasteiger partial charge >= 0.3 is 5.97 Å². The Morgan fingerprint density at radius 3 is 2.26 bits per heavy atom. The topological polar surface area (TPSA) is 76.1 Å². The summed E-state index contributed by atoms with van der Waals surface area (Å²) >= 11 is 0. The van der Waals surface area contributed by atoms with E-state index in [0.717, 1.165) is 16.9 Å². The van der Waals surface area contributed by atoms with Crippen LogP contribution in [-0.2, 0) is 13.0 Å². The summed E-state index contributed by atoms with van der Waals surface area (Å²) in [6, 6.07) is 10.1. The monoisotopic (exact) mass is 369 g/mol. The van der Waals surface area contributed by atoms with Crippen molar-refractivity contribution in [3.8, 4) is 11.5 Å². The Bertz CT molecular complexity index is 862. The van der Waals surface area contributed by atoms with Crippen molar-refractivity contribution >= 4 is 11.9 Å². The van der Waals surface area contributed by atoms with Crippen LogP contribution < -0.4 is 9.47 Å². The van der Waals surface area contributed by atoms with Crippen molar-refractivity contribution in [2.24, 2.45) is 0 Å². The molecular formula is C21H23NO5. The van der Waals surface area contributed by atoms with Crippen LogP contribution in [0.5, 0.6) is 11.5 Å². The largest absolute Gasteiger partial charge is 0.490 e. The van der Waals surface area contributed by atoms with Gasteiger partial charge in [-0.1, -0.05) is 6.07 Å². The first-order chi connectivity index (χ1) is 13.0. The fourth-order valence-electron chi connectivity index (χ4n) is 3.24. The molecule has 0 atom stereocenters. The van der Waals surface area contributed by atoms with Crippen LogP contribution >= 0.6 is 0 Å². The lowest BCUT2D eigenvalue weighted by molar-refractivity contribution is 0.0697. The molecule has 142 valence electrons. The van der Waals surface area contributed by atoms with Crippen LogP contribution in [0.3, 0.4) is 0 Å². The lowest BCUT2D eigenvalue weighted by atomic mass is 9.98. The highest BCUT2D eigenvalue weighted by atomic mass is 16.5. The molecule has 1 amide bonds. The number of amides is 1. The lowest BCUT2D eigenvalue weighted by Gasteiger charge is -2.30. The maximum atomic E-state index is 12.8. The van der Waals surface area contributed by atoms with E-state index in [9.17, 15) is 9.59 Å². The molecule has 0 spiro atoms. The summed E-state index contributed by atoms with van der Waals surface area (Å²) in [6.45, 7) is 5.97. The first-order valence-electron chi connectivity index (χ1n) is 9.07. The van der Waals surface area contributed by atoms with Crippen LogP contribution in [0.4, 0.5) is 0 Å². The van der Waals surface area contributed by atoms with E-state index in [1.54, 1.807) is 17.0 Å². The van der Waals surface area contributed by atoms with Crippen molar-refractivity contribution in [1.29, 1.82) is 0 Å². The number of nitrogens with zero attached hydrogens (tertiary/aromatic N) is 1. The summed E-state index contributed by atoms with van der Waals surface area (Å²) in [6.07, 6.45) is 0.714. The molecule has 27 heavy (non-hydrogen) atoms. The van der Waals surface area contributed by atoms with Crippen molar-refractivity contribution in [1.82, 2.24) is 4.90 Å². The van der Waals surface area contributed by atoms with Gasteiger partial charge in [0.2, 0.25) is 0 Å². The van der Waals surface area contributed by atoms with Gasteiger partial charge < -0.3 is 19.5 Å². The number of carbonyl (C=O) groups is 2. The van der Waals surface area contributed by atoms with E-state index in [2.05, 4.69) is 0 Å². The van der Waals surface area contributed by atoms with E-state index in [-0.39, 0.29) is 11.5 Å². The molecule has 0 unspecified atom stereocenters. The molecule has 1 N–H and O–H groups in total. The predicted molar refractivity (Wildman–Crippen MR) is 101 cm³/mol. The summed E-state index contributed by atoms with van der Waals surface area (Å²) in [7, 11) is 0. The normalized spacial score (nSPS) is 13.0. The summed E-state index contributed by atoms with van der Waals surface area (Å²) in [5, 5.41) is 9.13.